The summed E-state index contributed by atoms with van der Waals surface area (Å²) in [5.74, 6) is -1.73. The van der Waals surface area contributed by atoms with Gasteiger partial charge in [0.1, 0.15) is 5.82 Å². The molecule has 0 unspecified atom stereocenters. The third-order valence-corrected chi connectivity index (χ3v) is 1.74. The largest absolute Gasteiger partial charge is 0.478 e. The third-order valence-electron chi connectivity index (χ3n) is 1.74. The number of hydrogen-bond acceptors (Lipinski definition) is 2. The summed E-state index contributed by atoms with van der Waals surface area (Å²) in [4.78, 5) is 10.7. The third kappa shape index (κ3) is 2.03. The minimum atomic E-state index is -1.16. The lowest BCUT2D eigenvalue weighted by Gasteiger charge is -2.08. The van der Waals surface area contributed by atoms with Crippen molar-refractivity contribution < 1.29 is 14.3 Å². The summed E-state index contributed by atoms with van der Waals surface area (Å²) in [6, 6.07) is 3.15. The fourth-order valence-electron chi connectivity index (χ4n) is 1.11. The van der Waals surface area contributed by atoms with Crippen molar-refractivity contribution in [3.8, 4) is 0 Å². The highest BCUT2D eigenvalue weighted by atomic mass is 19.1. The van der Waals surface area contributed by atoms with Crippen LogP contribution in [0.15, 0.2) is 18.2 Å². The summed E-state index contributed by atoms with van der Waals surface area (Å²) in [5.41, 5.74) is 5.88. The molecule has 13 heavy (non-hydrogen) atoms. The van der Waals surface area contributed by atoms with Crippen LogP contribution in [-0.2, 0) is 0 Å². The highest BCUT2D eigenvalue weighted by Gasteiger charge is 2.13. The lowest BCUT2D eigenvalue weighted by Crippen LogP contribution is -2.11. The summed E-state index contributed by atoms with van der Waals surface area (Å²) >= 11 is 0. The second-order valence-electron chi connectivity index (χ2n) is 2.83. The SMILES string of the molecule is C[C@@H](N)c1ccc(F)cc1C(=O)O. The van der Waals surface area contributed by atoms with Gasteiger partial charge in [0, 0.05) is 6.04 Å². The summed E-state index contributed by atoms with van der Waals surface area (Å²) < 4.78 is 12.7. The van der Waals surface area contributed by atoms with Crippen LogP contribution in [0.5, 0.6) is 0 Å². The molecule has 0 aromatic heterocycles. The van der Waals surface area contributed by atoms with E-state index in [0.717, 1.165) is 6.07 Å². The van der Waals surface area contributed by atoms with Crippen LogP contribution in [-0.4, -0.2) is 11.1 Å². The molecule has 0 heterocycles. The molecule has 3 N–H and O–H groups in total. The molecule has 0 saturated carbocycles. The lowest BCUT2D eigenvalue weighted by atomic mass is 10.0. The molecule has 0 aliphatic carbocycles. The highest BCUT2D eigenvalue weighted by molar-refractivity contribution is 5.89. The van der Waals surface area contributed by atoms with E-state index in [1.165, 1.54) is 12.1 Å². The Morgan fingerprint density at radius 3 is 2.69 bits per heavy atom. The zero-order valence-corrected chi connectivity index (χ0v) is 7.12. The van der Waals surface area contributed by atoms with Crippen molar-refractivity contribution in [2.75, 3.05) is 0 Å². The number of carbonyl (C=O) groups is 1. The molecule has 0 radical (unpaired) electrons. The molecule has 4 heteroatoms. The van der Waals surface area contributed by atoms with Crippen molar-refractivity contribution in [3.63, 3.8) is 0 Å². The number of aromatic carboxylic acids is 1. The smallest absolute Gasteiger partial charge is 0.336 e. The Hall–Kier alpha value is -1.42. The number of nitrogens with two attached hydrogens (primary N) is 1. The van der Waals surface area contributed by atoms with Gasteiger partial charge in [-0.1, -0.05) is 6.07 Å². The Bertz CT molecular complexity index is 336. The zero-order chi connectivity index (χ0) is 10.0. The van der Waals surface area contributed by atoms with E-state index in [1.54, 1.807) is 6.92 Å². The van der Waals surface area contributed by atoms with Gasteiger partial charge in [0.2, 0.25) is 0 Å². The minimum absolute atomic E-state index is 0.0741. The topological polar surface area (TPSA) is 63.3 Å². The number of hydrogen-bond donors (Lipinski definition) is 2. The molecular formula is C9H10FNO2. The van der Waals surface area contributed by atoms with Crippen molar-refractivity contribution in [2.24, 2.45) is 5.73 Å². The van der Waals surface area contributed by atoms with Crippen molar-refractivity contribution >= 4 is 5.97 Å². The van der Waals surface area contributed by atoms with Gasteiger partial charge in [-0.2, -0.15) is 0 Å². The fraction of sp³-hybridized carbons (Fsp3) is 0.222. The van der Waals surface area contributed by atoms with E-state index in [9.17, 15) is 9.18 Å². The molecule has 0 aliphatic rings. The second kappa shape index (κ2) is 3.53. The van der Waals surface area contributed by atoms with Gasteiger partial charge in [0.25, 0.3) is 0 Å². The first-order chi connectivity index (χ1) is 6.02. The molecule has 0 saturated heterocycles. The Balaban J connectivity index is 3.27. The first kappa shape index (κ1) is 9.67. The number of benzene rings is 1. The maximum absolute atomic E-state index is 12.7. The van der Waals surface area contributed by atoms with E-state index in [1.807, 2.05) is 0 Å². The summed E-state index contributed by atoms with van der Waals surface area (Å²) in [7, 11) is 0. The fourth-order valence-corrected chi connectivity index (χ4v) is 1.11. The first-order valence-corrected chi connectivity index (χ1v) is 3.80. The number of halogens is 1. The number of rotatable bonds is 2. The molecule has 1 rings (SSSR count). The Morgan fingerprint density at radius 2 is 2.23 bits per heavy atom. The van der Waals surface area contributed by atoms with E-state index in [-0.39, 0.29) is 5.56 Å². The highest BCUT2D eigenvalue weighted by Crippen LogP contribution is 2.17. The molecule has 0 aliphatic heterocycles. The molecule has 0 fully saturated rings. The average Bonchev–Trinajstić information content (AvgIpc) is 2.03. The lowest BCUT2D eigenvalue weighted by molar-refractivity contribution is 0.0694. The Morgan fingerprint density at radius 1 is 1.62 bits per heavy atom. The molecule has 0 amide bonds. The summed E-state index contributed by atoms with van der Waals surface area (Å²) in [5, 5.41) is 8.72. The average molecular weight is 183 g/mol. The maximum Gasteiger partial charge on any atom is 0.336 e. The van der Waals surface area contributed by atoms with Crippen molar-refractivity contribution in [2.45, 2.75) is 13.0 Å². The molecule has 0 bridgehead atoms. The first-order valence-electron chi connectivity index (χ1n) is 3.80. The zero-order valence-electron chi connectivity index (χ0n) is 7.12. The summed E-state index contributed by atoms with van der Waals surface area (Å²) in [6.45, 7) is 1.65. The molecule has 70 valence electrons. The van der Waals surface area contributed by atoms with E-state index >= 15 is 0 Å². The van der Waals surface area contributed by atoms with Gasteiger partial charge in [-0.25, -0.2) is 9.18 Å². The van der Waals surface area contributed by atoms with Gasteiger partial charge in [-0.05, 0) is 24.6 Å². The number of carboxylic acids is 1. The number of carboxylic acid groups (broad SMARTS) is 1. The van der Waals surface area contributed by atoms with E-state index < -0.39 is 17.8 Å². The van der Waals surface area contributed by atoms with Gasteiger partial charge in [-0.15, -0.1) is 0 Å². The van der Waals surface area contributed by atoms with Crippen LogP contribution in [0.1, 0.15) is 28.9 Å². The molecular weight excluding hydrogens is 173 g/mol. The van der Waals surface area contributed by atoms with Crippen LogP contribution in [0.4, 0.5) is 4.39 Å². The van der Waals surface area contributed by atoms with Crippen LogP contribution in [0, 0.1) is 5.82 Å². The van der Waals surface area contributed by atoms with Crippen molar-refractivity contribution in [1.82, 2.24) is 0 Å². The Labute approximate surface area is 75.0 Å². The van der Waals surface area contributed by atoms with Gasteiger partial charge in [-0.3, -0.25) is 0 Å². The van der Waals surface area contributed by atoms with Gasteiger partial charge in [0.15, 0.2) is 0 Å². The van der Waals surface area contributed by atoms with Crippen LogP contribution >= 0.6 is 0 Å². The van der Waals surface area contributed by atoms with Gasteiger partial charge >= 0.3 is 5.97 Å². The standard InChI is InChI=1S/C9H10FNO2/c1-5(11)7-3-2-6(10)4-8(7)9(12)13/h2-5H,11H2,1H3,(H,12,13)/t5-/m1/s1. The van der Waals surface area contributed by atoms with E-state index in [4.69, 9.17) is 10.8 Å². The predicted octanol–water partition coefficient (Wildman–Crippen LogP) is 1.54. The van der Waals surface area contributed by atoms with Gasteiger partial charge < -0.3 is 10.8 Å². The molecule has 1 aromatic rings. The van der Waals surface area contributed by atoms with Crippen LogP contribution < -0.4 is 5.73 Å². The van der Waals surface area contributed by atoms with Crippen LogP contribution in [0.2, 0.25) is 0 Å². The quantitative estimate of drug-likeness (QED) is 0.731. The van der Waals surface area contributed by atoms with Crippen molar-refractivity contribution in [1.29, 1.82) is 0 Å². The Kier molecular flexibility index (Phi) is 2.63. The van der Waals surface area contributed by atoms with Crippen LogP contribution in [0.25, 0.3) is 0 Å². The van der Waals surface area contributed by atoms with Gasteiger partial charge in [0.05, 0.1) is 5.56 Å². The summed E-state index contributed by atoms with van der Waals surface area (Å²) in [6.07, 6.45) is 0. The predicted molar refractivity (Wildman–Crippen MR) is 46.0 cm³/mol. The van der Waals surface area contributed by atoms with Crippen molar-refractivity contribution in [3.05, 3.63) is 35.1 Å². The van der Waals surface area contributed by atoms with Crippen LogP contribution in [0.3, 0.4) is 0 Å². The normalized spacial score (nSPS) is 12.5. The monoisotopic (exact) mass is 183 g/mol. The maximum atomic E-state index is 12.7. The van der Waals surface area contributed by atoms with E-state index in [2.05, 4.69) is 0 Å². The molecule has 1 aromatic carbocycles. The second-order valence-corrected chi connectivity index (χ2v) is 2.83. The molecule has 0 spiro atoms. The van der Waals surface area contributed by atoms with E-state index in [0.29, 0.717) is 5.56 Å². The minimum Gasteiger partial charge on any atom is -0.478 e. The molecule has 3 nitrogen and oxygen atoms in total. The molecule has 1 atom stereocenters.